The van der Waals surface area contributed by atoms with Gasteiger partial charge in [-0.15, -0.1) is 0 Å². The Kier molecular flexibility index (Phi) is 4.98. The van der Waals surface area contributed by atoms with Crippen LogP contribution in [0.2, 0.25) is 5.15 Å². The topological polar surface area (TPSA) is 29.0 Å². The average Bonchev–Trinajstić information content (AvgIpc) is 2.84. The third-order valence-corrected chi connectivity index (χ3v) is 4.69. The van der Waals surface area contributed by atoms with Crippen molar-refractivity contribution < 1.29 is 0 Å². The van der Waals surface area contributed by atoms with Crippen LogP contribution < -0.4 is 0 Å². The highest BCUT2D eigenvalue weighted by Crippen LogP contribution is 2.38. The van der Waals surface area contributed by atoms with E-state index in [1.54, 1.807) is 0 Å². The second-order valence-electron chi connectivity index (χ2n) is 5.16. The number of hydrogen-bond acceptors (Lipinski definition) is 3. The van der Waals surface area contributed by atoms with Gasteiger partial charge in [-0.25, -0.2) is 9.97 Å². The molecule has 0 spiro atoms. The predicted molar refractivity (Wildman–Crippen MR) is 78.2 cm³/mol. The Labute approximate surface area is 122 Å². The summed E-state index contributed by atoms with van der Waals surface area (Å²) in [7, 11) is 4.11. The molecule has 0 radical (unpaired) electrons. The number of rotatable bonds is 4. The normalized spacial score (nSPS) is 16.7. The standard InChI is InChI=1S/C13H19BrClN3/c1-18(2)8-7-10-16-12(9-5-3-4-6-9)11(14)13(15)17-10/h9H,3-8H2,1-2H3. The zero-order valence-corrected chi connectivity index (χ0v) is 13.3. The number of hydrogen-bond donors (Lipinski definition) is 0. The van der Waals surface area contributed by atoms with Crippen molar-refractivity contribution in [3.8, 4) is 0 Å². The Morgan fingerprint density at radius 3 is 2.56 bits per heavy atom. The van der Waals surface area contributed by atoms with Crippen molar-refractivity contribution in [2.75, 3.05) is 20.6 Å². The number of nitrogens with zero attached hydrogens (tertiary/aromatic N) is 3. The van der Waals surface area contributed by atoms with Gasteiger partial charge in [0.25, 0.3) is 0 Å². The first-order valence-corrected chi connectivity index (χ1v) is 7.61. The number of likely N-dealkylation sites (N-methyl/N-ethyl adjacent to an activating group) is 1. The van der Waals surface area contributed by atoms with Gasteiger partial charge >= 0.3 is 0 Å². The van der Waals surface area contributed by atoms with Gasteiger partial charge in [-0.05, 0) is 42.9 Å². The van der Waals surface area contributed by atoms with Gasteiger partial charge in [0.1, 0.15) is 11.0 Å². The van der Waals surface area contributed by atoms with Crippen LogP contribution in [-0.4, -0.2) is 35.5 Å². The molecule has 1 fully saturated rings. The van der Waals surface area contributed by atoms with E-state index in [9.17, 15) is 0 Å². The fourth-order valence-electron chi connectivity index (χ4n) is 2.39. The Bertz CT molecular complexity index is 417. The van der Waals surface area contributed by atoms with Gasteiger partial charge in [0, 0.05) is 18.9 Å². The molecule has 0 N–H and O–H groups in total. The first kappa shape index (κ1) is 14.2. The highest BCUT2D eigenvalue weighted by atomic mass is 79.9. The minimum Gasteiger partial charge on any atom is -0.309 e. The molecule has 0 atom stereocenters. The van der Waals surface area contributed by atoms with Crippen molar-refractivity contribution in [2.24, 2.45) is 0 Å². The summed E-state index contributed by atoms with van der Waals surface area (Å²) in [5.74, 6) is 1.41. The molecular formula is C13H19BrClN3. The van der Waals surface area contributed by atoms with Crippen LogP contribution in [-0.2, 0) is 6.42 Å². The second-order valence-corrected chi connectivity index (χ2v) is 6.32. The molecule has 3 nitrogen and oxygen atoms in total. The quantitative estimate of drug-likeness (QED) is 0.788. The molecule has 0 bridgehead atoms. The second kappa shape index (κ2) is 6.31. The maximum Gasteiger partial charge on any atom is 0.147 e. The third kappa shape index (κ3) is 3.43. The lowest BCUT2D eigenvalue weighted by Gasteiger charge is -2.14. The van der Waals surface area contributed by atoms with Crippen LogP contribution in [0.5, 0.6) is 0 Å². The zero-order chi connectivity index (χ0) is 13.1. The van der Waals surface area contributed by atoms with Crippen molar-refractivity contribution in [3.05, 3.63) is 21.1 Å². The summed E-state index contributed by atoms with van der Waals surface area (Å²) >= 11 is 9.74. The van der Waals surface area contributed by atoms with E-state index in [1.807, 2.05) is 0 Å². The lowest BCUT2D eigenvalue weighted by atomic mass is 10.0. The van der Waals surface area contributed by atoms with Crippen molar-refractivity contribution in [3.63, 3.8) is 0 Å². The van der Waals surface area contributed by atoms with E-state index in [1.165, 1.54) is 25.7 Å². The van der Waals surface area contributed by atoms with Gasteiger partial charge in [0.2, 0.25) is 0 Å². The van der Waals surface area contributed by atoms with Crippen LogP contribution in [0.15, 0.2) is 4.47 Å². The summed E-state index contributed by atoms with van der Waals surface area (Å²) in [5, 5.41) is 0.556. The van der Waals surface area contributed by atoms with Gasteiger partial charge in [-0.2, -0.15) is 0 Å². The van der Waals surface area contributed by atoms with E-state index in [-0.39, 0.29) is 0 Å². The van der Waals surface area contributed by atoms with Crippen LogP contribution in [0.4, 0.5) is 0 Å². The van der Waals surface area contributed by atoms with E-state index < -0.39 is 0 Å². The minimum atomic E-state index is 0.554. The molecule has 2 rings (SSSR count). The van der Waals surface area contributed by atoms with Crippen LogP contribution >= 0.6 is 27.5 Å². The van der Waals surface area contributed by atoms with Gasteiger partial charge in [0.05, 0.1) is 10.2 Å². The molecule has 0 saturated heterocycles. The van der Waals surface area contributed by atoms with Gasteiger partial charge in [0.15, 0.2) is 0 Å². The van der Waals surface area contributed by atoms with E-state index in [0.29, 0.717) is 11.1 Å². The van der Waals surface area contributed by atoms with E-state index >= 15 is 0 Å². The fourth-order valence-corrected chi connectivity index (χ4v) is 3.08. The van der Waals surface area contributed by atoms with Crippen LogP contribution in [0.1, 0.15) is 43.1 Å². The molecule has 1 aliphatic rings. The van der Waals surface area contributed by atoms with Crippen molar-refractivity contribution in [1.29, 1.82) is 0 Å². The van der Waals surface area contributed by atoms with E-state index in [0.717, 1.165) is 29.0 Å². The minimum absolute atomic E-state index is 0.554. The maximum atomic E-state index is 6.20. The monoisotopic (exact) mass is 331 g/mol. The van der Waals surface area contributed by atoms with Gasteiger partial charge in [-0.3, -0.25) is 0 Å². The number of aromatic nitrogens is 2. The lowest BCUT2D eigenvalue weighted by molar-refractivity contribution is 0.409. The molecule has 1 aliphatic carbocycles. The molecule has 0 unspecified atom stereocenters. The highest BCUT2D eigenvalue weighted by Gasteiger charge is 2.23. The van der Waals surface area contributed by atoms with E-state index in [2.05, 4.69) is 39.9 Å². The van der Waals surface area contributed by atoms with Crippen LogP contribution in [0, 0.1) is 0 Å². The van der Waals surface area contributed by atoms with Gasteiger partial charge in [-0.1, -0.05) is 24.4 Å². The molecule has 18 heavy (non-hydrogen) atoms. The molecule has 1 saturated carbocycles. The molecule has 1 aromatic rings. The smallest absolute Gasteiger partial charge is 0.147 e. The SMILES string of the molecule is CN(C)CCc1nc(Cl)c(Br)c(C2CCCC2)n1. The molecule has 0 aromatic carbocycles. The molecule has 1 heterocycles. The highest BCUT2D eigenvalue weighted by molar-refractivity contribution is 9.10. The summed E-state index contributed by atoms with van der Waals surface area (Å²) in [4.78, 5) is 11.2. The third-order valence-electron chi connectivity index (χ3n) is 3.41. The number of halogens is 2. The predicted octanol–water partition coefficient (Wildman–Crippen LogP) is 3.65. The summed E-state index contributed by atoms with van der Waals surface area (Å²) < 4.78 is 0.893. The zero-order valence-electron chi connectivity index (χ0n) is 10.9. The molecular weight excluding hydrogens is 314 g/mol. The largest absolute Gasteiger partial charge is 0.309 e. The Morgan fingerprint density at radius 2 is 1.94 bits per heavy atom. The molecule has 1 aromatic heterocycles. The summed E-state index contributed by atoms with van der Waals surface area (Å²) in [5.41, 5.74) is 1.11. The maximum absolute atomic E-state index is 6.20. The van der Waals surface area contributed by atoms with Crippen molar-refractivity contribution in [1.82, 2.24) is 14.9 Å². The Morgan fingerprint density at radius 1 is 1.28 bits per heavy atom. The first-order valence-electron chi connectivity index (χ1n) is 6.44. The van der Waals surface area contributed by atoms with Crippen molar-refractivity contribution in [2.45, 2.75) is 38.0 Å². The summed E-state index contributed by atoms with van der Waals surface area (Å²) in [6, 6.07) is 0. The Balaban J connectivity index is 2.21. The summed E-state index contributed by atoms with van der Waals surface area (Å²) in [6.07, 6.45) is 5.88. The van der Waals surface area contributed by atoms with Crippen LogP contribution in [0.25, 0.3) is 0 Å². The Hall–Kier alpha value is -0.190. The summed E-state index contributed by atoms with van der Waals surface area (Å²) in [6.45, 7) is 0.946. The molecule has 100 valence electrons. The van der Waals surface area contributed by atoms with E-state index in [4.69, 9.17) is 16.6 Å². The average molecular weight is 333 g/mol. The lowest BCUT2D eigenvalue weighted by Crippen LogP contribution is -2.17. The van der Waals surface area contributed by atoms with Gasteiger partial charge < -0.3 is 4.90 Å². The molecule has 5 heteroatoms. The fraction of sp³-hybridized carbons (Fsp3) is 0.692. The molecule has 0 amide bonds. The van der Waals surface area contributed by atoms with Crippen molar-refractivity contribution >= 4 is 27.5 Å². The molecule has 0 aliphatic heterocycles. The first-order chi connectivity index (χ1) is 8.58. The van der Waals surface area contributed by atoms with Crippen LogP contribution in [0.3, 0.4) is 0 Å².